The largest absolute Gasteiger partial charge is 0.405 e. The van der Waals surface area contributed by atoms with Gasteiger partial charge in [0.25, 0.3) is 0 Å². The van der Waals surface area contributed by atoms with Gasteiger partial charge in [0.1, 0.15) is 23.3 Å². The molecule has 0 spiro atoms. The average Bonchev–Trinajstić information content (AvgIpc) is 3.40. The van der Waals surface area contributed by atoms with Crippen LogP contribution in [0.3, 0.4) is 0 Å². The lowest BCUT2D eigenvalue weighted by Crippen LogP contribution is -2.56. The fourth-order valence-corrected chi connectivity index (χ4v) is 5.51. The maximum absolute atomic E-state index is 15.1. The van der Waals surface area contributed by atoms with Gasteiger partial charge in [-0.3, -0.25) is 9.80 Å². The summed E-state index contributed by atoms with van der Waals surface area (Å²) >= 11 is 0. The van der Waals surface area contributed by atoms with Crippen LogP contribution in [0.15, 0.2) is 48.8 Å². The average molecular weight is 602 g/mol. The number of nitrogens with zero attached hydrogens (tertiary/aromatic N) is 5. The second-order valence-corrected chi connectivity index (χ2v) is 11.0. The summed E-state index contributed by atoms with van der Waals surface area (Å²) in [5.74, 6) is -0.991. The molecule has 8 nitrogen and oxygen atoms in total. The Morgan fingerprint density at radius 1 is 1.00 bits per heavy atom. The quantitative estimate of drug-likeness (QED) is 0.292. The normalized spacial score (nSPS) is 18.8. The van der Waals surface area contributed by atoms with E-state index in [4.69, 9.17) is 4.74 Å². The first-order chi connectivity index (χ1) is 20.6. The number of fused-ring (bicyclic) bond motifs is 1. The Bertz CT molecular complexity index is 1580. The van der Waals surface area contributed by atoms with Gasteiger partial charge in [-0.2, -0.15) is 18.2 Å². The van der Waals surface area contributed by atoms with E-state index in [1.54, 1.807) is 27.9 Å². The summed E-state index contributed by atoms with van der Waals surface area (Å²) < 4.78 is 76.9. The summed E-state index contributed by atoms with van der Waals surface area (Å²) in [6.07, 6.45) is -0.994. The molecule has 43 heavy (non-hydrogen) atoms. The van der Waals surface area contributed by atoms with Crippen molar-refractivity contribution in [3.63, 3.8) is 0 Å². The van der Waals surface area contributed by atoms with Crippen molar-refractivity contribution < 1.29 is 26.7 Å². The standard InChI is InChI=1S/C30H32F5N7O/c1-19-2-3-22(12-21(19)16-41-7-5-36-27(18-41)30(33,34)35)38-29-37-15-20-4-6-42(28(20)39-29)23-13-25(31)24(26(32)14-23)17-40-8-10-43-11-9-40/h2-4,6,12-15,27,36H,5,7-11,16-18H2,1H3,(H,37,38,39). The van der Waals surface area contributed by atoms with Crippen LogP contribution in [0.5, 0.6) is 0 Å². The summed E-state index contributed by atoms with van der Waals surface area (Å²) in [4.78, 5) is 12.8. The van der Waals surface area contributed by atoms with Gasteiger partial charge in [0.15, 0.2) is 0 Å². The molecule has 1 atom stereocenters. The molecule has 0 amide bonds. The number of alkyl halides is 3. The third kappa shape index (κ3) is 6.64. The summed E-state index contributed by atoms with van der Waals surface area (Å²) in [6.45, 7) is 5.42. The Balaban J connectivity index is 1.21. The molecule has 2 aliphatic rings. The van der Waals surface area contributed by atoms with Gasteiger partial charge in [-0.1, -0.05) is 6.07 Å². The molecule has 6 rings (SSSR count). The van der Waals surface area contributed by atoms with Crippen molar-refractivity contribution in [2.75, 3.05) is 51.3 Å². The van der Waals surface area contributed by atoms with Crippen LogP contribution < -0.4 is 10.6 Å². The second-order valence-electron chi connectivity index (χ2n) is 11.0. The van der Waals surface area contributed by atoms with E-state index in [0.717, 1.165) is 11.1 Å². The first kappa shape index (κ1) is 29.4. The number of aryl methyl sites for hydroxylation is 1. The van der Waals surface area contributed by atoms with Gasteiger partial charge in [0.05, 0.1) is 18.9 Å². The molecule has 2 aromatic carbocycles. The first-order valence-corrected chi connectivity index (χ1v) is 14.2. The number of hydrogen-bond acceptors (Lipinski definition) is 7. The minimum atomic E-state index is -4.30. The topological polar surface area (TPSA) is 70.5 Å². The highest BCUT2D eigenvalue weighted by Gasteiger charge is 2.41. The number of benzene rings is 2. The molecule has 2 aliphatic heterocycles. The molecule has 2 fully saturated rings. The monoisotopic (exact) mass is 601 g/mol. The van der Waals surface area contributed by atoms with Crippen molar-refractivity contribution in [2.24, 2.45) is 0 Å². The van der Waals surface area contributed by atoms with E-state index in [9.17, 15) is 13.2 Å². The molecule has 2 aromatic heterocycles. The smallest absolute Gasteiger partial charge is 0.379 e. The lowest BCUT2D eigenvalue weighted by atomic mass is 10.1. The van der Waals surface area contributed by atoms with Crippen LogP contribution in [0, 0.1) is 18.6 Å². The van der Waals surface area contributed by atoms with Crippen LogP contribution in [-0.2, 0) is 17.8 Å². The maximum atomic E-state index is 15.1. The summed E-state index contributed by atoms with van der Waals surface area (Å²) in [5, 5.41) is 6.40. The van der Waals surface area contributed by atoms with Crippen molar-refractivity contribution >= 4 is 22.7 Å². The van der Waals surface area contributed by atoms with Crippen molar-refractivity contribution in [1.29, 1.82) is 0 Å². The molecule has 228 valence electrons. The van der Waals surface area contributed by atoms with Gasteiger partial charge in [-0.25, -0.2) is 13.8 Å². The van der Waals surface area contributed by atoms with E-state index < -0.39 is 23.9 Å². The van der Waals surface area contributed by atoms with Gasteiger partial charge < -0.3 is 19.9 Å². The first-order valence-electron chi connectivity index (χ1n) is 14.2. The molecule has 0 saturated carbocycles. The van der Waals surface area contributed by atoms with Gasteiger partial charge in [0, 0.05) is 74.8 Å². The number of halogens is 5. The molecule has 2 saturated heterocycles. The highest BCUT2D eigenvalue weighted by molar-refractivity contribution is 5.79. The van der Waals surface area contributed by atoms with Gasteiger partial charge in [-0.05, 0) is 48.4 Å². The van der Waals surface area contributed by atoms with Crippen molar-refractivity contribution in [2.45, 2.75) is 32.2 Å². The molecule has 0 bridgehead atoms. The Hall–Kier alpha value is -3.65. The SMILES string of the molecule is Cc1ccc(Nc2ncc3ccn(-c4cc(F)c(CN5CCOCC5)c(F)c4)c3n2)cc1CN1CCNC(C(F)(F)F)C1. The Labute approximate surface area is 245 Å². The van der Waals surface area contributed by atoms with Crippen LogP contribution in [0.4, 0.5) is 33.6 Å². The number of nitrogens with one attached hydrogen (secondary N) is 2. The maximum Gasteiger partial charge on any atom is 0.405 e. The molecule has 13 heteroatoms. The zero-order valence-electron chi connectivity index (χ0n) is 23.6. The third-order valence-corrected chi connectivity index (χ3v) is 7.97. The van der Waals surface area contributed by atoms with Gasteiger partial charge in [-0.15, -0.1) is 0 Å². The predicted octanol–water partition coefficient (Wildman–Crippen LogP) is 4.92. The van der Waals surface area contributed by atoms with Crippen LogP contribution in [0.1, 0.15) is 16.7 Å². The van der Waals surface area contributed by atoms with Crippen LogP contribution in [0.2, 0.25) is 0 Å². The number of aromatic nitrogens is 3. The molecular weight excluding hydrogens is 569 g/mol. The zero-order valence-corrected chi connectivity index (χ0v) is 23.6. The highest BCUT2D eigenvalue weighted by atomic mass is 19.4. The lowest BCUT2D eigenvalue weighted by molar-refractivity contribution is -0.165. The van der Waals surface area contributed by atoms with Gasteiger partial charge >= 0.3 is 6.18 Å². The molecule has 4 aromatic rings. The van der Waals surface area contributed by atoms with Crippen LogP contribution in [0.25, 0.3) is 16.7 Å². The van der Waals surface area contributed by atoms with Crippen LogP contribution in [-0.4, -0.2) is 82.5 Å². The van der Waals surface area contributed by atoms with E-state index in [-0.39, 0.29) is 31.1 Å². The Morgan fingerprint density at radius 2 is 1.77 bits per heavy atom. The zero-order chi connectivity index (χ0) is 30.1. The molecular formula is C30H32F5N7O. The second kappa shape index (κ2) is 12.2. The summed E-state index contributed by atoms with van der Waals surface area (Å²) in [6, 6.07) is 8.44. The van der Waals surface area contributed by atoms with E-state index in [1.807, 2.05) is 30.0 Å². The van der Waals surface area contributed by atoms with E-state index in [0.29, 0.717) is 61.8 Å². The molecule has 0 aliphatic carbocycles. The fourth-order valence-electron chi connectivity index (χ4n) is 5.51. The molecule has 1 unspecified atom stereocenters. The number of piperazine rings is 1. The third-order valence-electron chi connectivity index (χ3n) is 7.97. The fraction of sp³-hybridized carbons (Fsp3) is 0.400. The highest BCUT2D eigenvalue weighted by Crippen LogP contribution is 2.27. The lowest BCUT2D eigenvalue weighted by Gasteiger charge is -2.34. The summed E-state index contributed by atoms with van der Waals surface area (Å²) in [7, 11) is 0. The van der Waals surface area contributed by atoms with Crippen molar-refractivity contribution in [3.05, 3.63) is 77.1 Å². The predicted molar refractivity (Wildman–Crippen MR) is 152 cm³/mol. The molecule has 4 heterocycles. The van der Waals surface area contributed by atoms with E-state index >= 15 is 8.78 Å². The Morgan fingerprint density at radius 3 is 2.51 bits per heavy atom. The molecule has 2 N–H and O–H groups in total. The van der Waals surface area contributed by atoms with Gasteiger partial charge in [0.2, 0.25) is 5.95 Å². The van der Waals surface area contributed by atoms with Crippen molar-refractivity contribution in [3.8, 4) is 5.69 Å². The number of ether oxygens (including phenoxy) is 1. The van der Waals surface area contributed by atoms with Crippen LogP contribution >= 0.6 is 0 Å². The van der Waals surface area contributed by atoms with E-state index in [2.05, 4.69) is 20.6 Å². The van der Waals surface area contributed by atoms with E-state index in [1.165, 1.54) is 12.1 Å². The minimum Gasteiger partial charge on any atom is -0.379 e. The summed E-state index contributed by atoms with van der Waals surface area (Å²) in [5.41, 5.74) is 3.29. The number of rotatable bonds is 7. The molecule has 0 radical (unpaired) electrons. The number of morpholine rings is 1. The minimum absolute atomic E-state index is 0.0176. The number of hydrogen-bond donors (Lipinski definition) is 2. The Kier molecular flexibility index (Phi) is 8.32. The van der Waals surface area contributed by atoms with Crippen molar-refractivity contribution in [1.82, 2.24) is 29.7 Å². The number of anilines is 2.